The molecule has 0 unspecified atom stereocenters. The van der Waals surface area contributed by atoms with E-state index in [4.69, 9.17) is 5.32 Å². The van der Waals surface area contributed by atoms with Gasteiger partial charge in [-0.2, -0.15) is 36.4 Å². The van der Waals surface area contributed by atoms with Gasteiger partial charge in [0, 0.05) is 0 Å². The minimum absolute atomic E-state index is 0. The van der Waals surface area contributed by atoms with Crippen molar-refractivity contribution in [3.05, 3.63) is 203 Å². The third kappa shape index (κ3) is 11.5. The maximum absolute atomic E-state index is 12.1. The van der Waals surface area contributed by atoms with E-state index in [2.05, 4.69) is 143 Å². The van der Waals surface area contributed by atoms with Gasteiger partial charge in [0.05, 0.1) is 7.92 Å². The van der Waals surface area contributed by atoms with Crippen LogP contribution in [-0.4, -0.2) is 0 Å². The van der Waals surface area contributed by atoms with Gasteiger partial charge in [0.25, 0.3) is 0 Å². The van der Waals surface area contributed by atoms with Crippen molar-refractivity contribution >= 4 is 35.2 Å². The monoisotopic (exact) mass is 678 g/mol. The van der Waals surface area contributed by atoms with Crippen molar-refractivity contribution in [1.82, 2.24) is 0 Å². The number of rotatable bonds is 7. The molecule has 0 aromatic heterocycles. The summed E-state index contributed by atoms with van der Waals surface area (Å²) >= 11 is 0. The Kier molecular flexibility index (Phi) is 15.9. The zero-order valence-corrected chi connectivity index (χ0v) is 29.5. The standard InChI is InChI=1S/C19H23NO.C18H15P.C6H5.Ni/c1-13(2)15-9-8-10-16(14(3)4)19(15)20-17-11-6-5-7-12-18(17)21;1-4-10-16(11-5-1)19(17-12-6-2-7-13-17)18-14-8-3-9-15-18;1-2-4-6-5-3-1;/h5-14H,1-4H3,(H,20,21);1-15H;1-5H;/q;;-1;+2. The third-order valence-corrected chi connectivity index (χ3v) is 10.1. The summed E-state index contributed by atoms with van der Waals surface area (Å²) < 4.78 is 0. The molecule has 0 bridgehead atoms. The second-order valence-corrected chi connectivity index (χ2v) is 13.9. The van der Waals surface area contributed by atoms with Crippen LogP contribution in [0.25, 0.3) is 5.32 Å². The van der Waals surface area contributed by atoms with Crippen LogP contribution in [0.4, 0.5) is 11.4 Å². The van der Waals surface area contributed by atoms with Gasteiger partial charge in [-0.15, -0.1) is 5.69 Å². The summed E-state index contributed by atoms with van der Waals surface area (Å²) in [5, 5.41) is 9.02. The SMILES string of the molecule is CC(C)c1cccc(C(C)C)c1[N-]c1cccccc1=O.[Ni+2].[c-]1ccccc1.c1ccc([PH+](c2ccccc2)c2ccccc2)cc1. The van der Waals surface area contributed by atoms with Gasteiger partial charge >= 0.3 is 16.5 Å². The van der Waals surface area contributed by atoms with Gasteiger partial charge in [-0.25, -0.2) is 0 Å². The van der Waals surface area contributed by atoms with Crippen molar-refractivity contribution in [2.24, 2.45) is 0 Å². The average Bonchev–Trinajstić information content (AvgIpc) is 3.31. The first-order valence-electron chi connectivity index (χ1n) is 15.8. The van der Waals surface area contributed by atoms with Crippen molar-refractivity contribution in [3.8, 4) is 0 Å². The maximum Gasteiger partial charge on any atom is 2.00 e. The summed E-state index contributed by atoms with van der Waals surface area (Å²) in [4.78, 5) is 12.1. The van der Waals surface area contributed by atoms with Crippen LogP contribution >= 0.6 is 7.92 Å². The number of benzene rings is 5. The Morgan fingerprint density at radius 2 is 0.872 bits per heavy atom. The molecule has 47 heavy (non-hydrogen) atoms. The van der Waals surface area contributed by atoms with Crippen molar-refractivity contribution in [2.75, 3.05) is 0 Å². The number of nitrogens with zero attached hydrogens (tertiary/aromatic N) is 1. The largest absolute Gasteiger partial charge is 2.00 e. The fourth-order valence-corrected chi connectivity index (χ4v) is 7.61. The molecule has 240 valence electrons. The summed E-state index contributed by atoms with van der Waals surface area (Å²) in [6.07, 6.45) is 0. The molecule has 2 nitrogen and oxygen atoms in total. The zero-order chi connectivity index (χ0) is 32.6. The molecule has 0 spiro atoms. The molecular formula is C43H43NNiOP+. The van der Waals surface area contributed by atoms with Gasteiger partial charge in [-0.1, -0.05) is 142 Å². The molecule has 6 aromatic carbocycles. The van der Waals surface area contributed by atoms with Crippen LogP contribution in [0.5, 0.6) is 0 Å². The second kappa shape index (κ2) is 20.1. The van der Waals surface area contributed by atoms with E-state index in [-0.39, 0.29) is 21.9 Å². The first kappa shape index (κ1) is 37.2. The summed E-state index contributed by atoms with van der Waals surface area (Å²) in [5.41, 5.74) is 3.77. The molecule has 0 fully saturated rings. The Morgan fingerprint density at radius 1 is 0.489 bits per heavy atom. The molecule has 4 heteroatoms. The van der Waals surface area contributed by atoms with Gasteiger partial charge in [0.1, 0.15) is 15.9 Å². The Bertz CT molecular complexity index is 1630. The van der Waals surface area contributed by atoms with E-state index in [1.54, 1.807) is 18.2 Å². The molecule has 0 saturated heterocycles. The van der Waals surface area contributed by atoms with E-state index in [1.807, 2.05) is 42.5 Å². The van der Waals surface area contributed by atoms with Crippen molar-refractivity contribution in [2.45, 2.75) is 39.5 Å². The van der Waals surface area contributed by atoms with E-state index in [1.165, 1.54) is 27.0 Å². The zero-order valence-electron chi connectivity index (χ0n) is 27.5. The molecule has 0 radical (unpaired) electrons. The van der Waals surface area contributed by atoms with E-state index in [0.29, 0.717) is 17.5 Å². The molecule has 0 aliphatic heterocycles. The van der Waals surface area contributed by atoms with Gasteiger partial charge in [0.15, 0.2) is 5.43 Å². The number of hydrogen-bond acceptors (Lipinski definition) is 1. The van der Waals surface area contributed by atoms with Crippen LogP contribution in [0.3, 0.4) is 0 Å². The van der Waals surface area contributed by atoms with E-state index < -0.39 is 7.92 Å². The fraction of sp³-hybridized carbons (Fsp3) is 0.140. The molecule has 0 atom stereocenters. The summed E-state index contributed by atoms with van der Waals surface area (Å²) in [7, 11) is -0.877. The van der Waals surface area contributed by atoms with E-state index in [9.17, 15) is 4.79 Å². The predicted molar refractivity (Wildman–Crippen MR) is 202 cm³/mol. The van der Waals surface area contributed by atoms with E-state index in [0.717, 1.165) is 5.69 Å². The predicted octanol–water partition coefficient (Wildman–Crippen LogP) is 10.3. The van der Waals surface area contributed by atoms with Crippen LogP contribution in [0.15, 0.2) is 175 Å². The first-order chi connectivity index (χ1) is 22.5. The van der Waals surface area contributed by atoms with Crippen molar-refractivity contribution in [1.29, 1.82) is 0 Å². The summed E-state index contributed by atoms with van der Waals surface area (Å²) in [5.74, 6) is 0.741. The van der Waals surface area contributed by atoms with Gasteiger partial charge < -0.3 is 5.32 Å². The van der Waals surface area contributed by atoms with Crippen molar-refractivity contribution < 1.29 is 16.5 Å². The van der Waals surface area contributed by atoms with Crippen LogP contribution in [0.2, 0.25) is 0 Å². The Morgan fingerprint density at radius 3 is 1.23 bits per heavy atom. The molecule has 0 aliphatic carbocycles. The van der Waals surface area contributed by atoms with Gasteiger partial charge in [-0.05, 0) is 54.3 Å². The molecule has 6 rings (SSSR count). The molecule has 0 aliphatic rings. The molecule has 0 saturated carbocycles. The number of para-hydroxylation sites is 1. The van der Waals surface area contributed by atoms with Crippen molar-refractivity contribution in [3.63, 3.8) is 0 Å². The molecule has 0 heterocycles. The molecule has 0 amide bonds. The number of hydrogen-bond donors (Lipinski definition) is 0. The molecular weight excluding hydrogens is 636 g/mol. The first-order valence-corrected chi connectivity index (χ1v) is 17.3. The quantitative estimate of drug-likeness (QED) is 0.0939. The normalized spacial score (nSPS) is 10.2. The minimum atomic E-state index is -0.877. The van der Waals surface area contributed by atoms with Crippen LogP contribution in [0.1, 0.15) is 50.7 Å². The third-order valence-electron chi connectivity index (χ3n) is 7.35. The van der Waals surface area contributed by atoms with Crippen LogP contribution in [0, 0.1) is 6.07 Å². The topological polar surface area (TPSA) is 31.2 Å². The Labute approximate surface area is 292 Å². The fourth-order valence-electron chi connectivity index (χ4n) is 5.03. The summed E-state index contributed by atoms with van der Waals surface area (Å²) in [6, 6.07) is 60.1. The van der Waals surface area contributed by atoms with Crippen LogP contribution in [-0.2, 0) is 16.5 Å². The Hall–Kier alpha value is -4.29. The maximum atomic E-state index is 12.1. The minimum Gasteiger partial charge on any atom is -0.654 e. The summed E-state index contributed by atoms with van der Waals surface area (Å²) in [6.45, 7) is 8.62. The smallest absolute Gasteiger partial charge is 0.654 e. The average molecular weight is 679 g/mol. The van der Waals surface area contributed by atoms with Gasteiger partial charge in [-0.3, -0.25) is 4.79 Å². The van der Waals surface area contributed by atoms with E-state index >= 15 is 0 Å². The Balaban J connectivity index is 0.000000213. The van der Waals surface area contributed by atoms with Gasteiger partial charge in [0.2, 0.25) is 0 Å². The molecule has 0 N–H and O–H groups in total. The second-order valence-electron chi connectivity index (χ2n) is 11.4. The molecule has 6 aromatic rings. The van der Waals surface area contributed by atoms with Crippen LogP contribution < -0.4 is 21.3 Å².